The normalized spacial score (nSPS) is 21.9. The molecule has 6 heteroatoms. The van der Waals surface area contributed by atoms with Gasteiger partial charge in [0.25, 0.3) is 11.8 Å². The molecule has 2 atom stereocenters. The molecule has 5 nitrogen and oxygen atoms in total. The Bertz CT molecular complexity index is 878. The van der Waals surface area contributed by atoms with E-state index in [1.54, 1.807) is 13.2 Å². The topological polar surface area (TPSA) is 49.9 Å². The molecule has 0 radical (unpaired) electrons. The van der Waals surface area contributed by atoms with Gasteiger partial charge in [0.15, 0.2) is 0 Å². The van der Waals surface area contributed by atoms with Crippen molar-refractivity contribution in [1.82, 2.24) is 9.80 Å². The number of nitrogens with zero attached hydrogens (tertiary/aromatic N) is 2. The molecule has 3 heterocycles. The van der Waals surface area contributed by atoms with Crippen molar-refractivity contribution in [3.63, 3.8) is 0 Å². The van der Waals surface area contributed by atoms with Crippen LogP contribution in [0.25, 0.3) is 0 Å². The number of piperidine rings is 2. The fraction of sp³-hybridized carbons (Fsp3) is 0.455. The van der Waals surface area contributed by atoms with Gasteiger partial charge < -0.3 is 14.5 Å². The number of fused-ring (bicyclic) bond motifs is 1. The minimum atomic E-state index is 0.0508. The third kappa shape index (κ3) is 3.53. The molecule has 2 aliphatic rings. The maximum Gasteiger partial charge on any atom is 0.264 e. The first kappa shape index (κ1) is 19.0. The molecule has 0 saturated carbocycles. The van der Waals surface area contributed by atoms with Crippen molar-refractivity contribution in [2.45, 2.75) is 32.2 Å². The number of amides is 2. The fourth-order valence-corrected chi connectivity index (χ4v) is 5.38. The number of hydrogen-bond acceptors (Lipinski definition) is 4. The van der Waals surface area contributed by atoms with Gasteiger partial charge in [-0.1, -0.05) is 6.07 Å². The molecule has 0 aliphatic carbocycles. The van der Waals surface area contributed by atoms with Crippen molar-refractivity contribution in [1.29, 1.82) is 0 Å². The van der Waals surface area contributed by atoms with Crippen molar-refractivity contribution >= 4 is 23.2 Å². The molecule has 148 valence electrons. The average Bonchev–Trinajstić information content (AvgIpc) is 3.17. The van der Waals surface area contributed by atoms with Gasteiger partial charge in [-0.3, -0.25) is 9.59 Å². The quantitative estimate of drug-likeness (QED) is 0.790. The zero-order valence-electron chi connectivity index (χ0n) is 16.4. The lowest BCUT2D eigenvalue weighted by Crippen LogP contribution is -2.56. The molecule has 2 aliphatic heterocycles. The largest absolute Gasteiger partial charge is 0.497 e. The van der Waals surface area contributed by atoms with Crippen LogP contribution in [0.5, 0.6) is 5.75 Å². The molecule has 0 unspecified atom stereocenters. The summed E-state index contributed by atoms with van der Waals surface area (Å²) in [6.45, 7) is 4.22. The van der Waals surface area contributed by atoms with Gasteiger partial charge >= 0.3 is 0 Å². The summed E-state index contributed by atoms with van der Waals surface area (Å²) in [5.74, 6) is 1.26. The summed E-state index contributed by atoms with van der Waals surface area (Å²) in [5, 5.41) is 1.99. The third-order valence-electron chi connectivity index (χ3n) is 5.99. The van der Waals surface area contributed by atoms with Crippen LogP contribution in [-0.4, -0.2) is 54.4 Å². The van der Waals surface area contributed by atoms with E-state index in [-0.39, 0.29) is 17.9 Å². The summed E-state index contributed by atoms with van der Waals surface area (Å²) in [5.41, 5.74) is 1.72. The van der Waals surface area contributed by atoms with E-state index in [1.165, 1.54) is 11.3 Å². The number of hydrogen-bond donors (Lipinski definition) is 0. The first-order valence-corrected chi connectivity index (χ1v) is 10.7. The highest BCUT2D eigenvalue weighted by Gasteiger charge is 2.40. The Morgan fingerprint density at radius 1 is 1.14 bits per heavy atom. The van der Waals surface area contributed by atoms with Crippen molar-refractivity contribution < 1.29 is 14.3 Å². The molecule has 1 aromatic heterocycles. The van der Waals surface area contributed by atoms with Gasteiger partial charge in [0.2, 0.25) is 0 Å². The van der Waals surface area contributed by atoms with Gasteiger partial charge in [-0.15, -0.1) is 11.3 Å². The first-order valence-electron chi connectivity index (χ1n) is 9.87. The number of carbonyl (C=O) groups excluding carboxylic acids is 2. The number of carbonyl (C=O) groups is 2. The Labute approximate surface area is 169 Å². The molecule has 2 aromatic rings. The van der Waals surface area contributed by atoms with E-state index in [0.29, 0.717) is 30.3 Å². The number of likely N-dealkylation sites (tertiary alicyclic amines) is 2. The predicted octanol–water partition coefficient (Wildman–Crippen LogP) is 3.83. The molecular formula is C22H26N2O3S. The van der Waals surface area contributed by atoms with E-state index in [2.05, 4.69) is 4.90 Å². The van der Waals surface area contributed by atoms with Crippen LogP contribution in [0.4, 0.5) is 0 Å². The Kier molecular flexibility index (Phi) is 5.40. The zero-order valence-corrected chi connectivity index (χ0v) is 17.2. The minimum Gasteiger partial charge on any atom is -0.497 e. The van der Waals surface area contributed by atoms with Crippen molar-refractivity contribution in [3.05, 3.63) is 51.7 Å². The Morgan fingerprint density at radius 3 is 2.75 bits per heavy atom. The van der Waals surface area contributed by atoms with Gasteiger partial charge in [0, 0.05) is 31.2 Å². The number of thiophene rings is 1. The molecule has 2 fully saturated rings. The summed E-state index contributed by atoms with van der Waals surface area (Å²) in [6.07, 6.45) is 2.91. The third-order valence-corrected chi connectivity index (χ3v) is 6.99. The summed E-state index contributed by atoms with van der Waals surface area (Å²) in [7, 11) is 1.61. The van der Waals surface area contributed by atoms with Crippen LogP contribution < -0.4 is 4.74 Å². The second-order valence-electron chi connectivity index (χ2n) is 7.67. The van der Waals surface area contributed by atoms with Crippen molar-refractivity contribution in [3.8, 4) is 5.75 Å². The smallest absolute Gasteiger partial charge is 0.264 e. The zero-order chi connectivity index (χ0) is 19.7. The molecule has 0 bridgehead atoms. The van der Waals surface area contributed by atoms with Crippen LogP contribution in [0.2, 0.25) is 0 Å². The van der Waals surface area contributed by atoms with Gasteiger partial charge in [-0.2, -0.15) is 0 Å². The first-order chi connectivity index (χ1) is 13.6. The van der Waals surface area contributed by atoms with Crippen LogP contribution in [0.3, 0.4) is 0 Å². The van der Waals surface area contributed by atoms with E-state index in [0.717, 1.165) is 36.2 Å². The van der Waals surface area contributed by atoms with Crippen LogP contribution in [0.15, 0.2) is 35.7 Å². The molecule has 2 amide bonds. The fourth-order valence-electron chi connectivity index (χ4n) is 4.50. The molecule has 0 spiro atoms. The number of rotatable bonds is 3. The standard InChI is InChI=1S/C22H26N2O3S/c1-15-9-12-28-20(15)22(26)24-10-4-6-17-14-23(11-8-19(17)24)21(25)16-5-3-7-18(13-16)27-2/h3,5,7,9,12-13,17,19H,4,6,8,10-11,14H2,1-2H3/t17-,19-/m1/s1. The summed E-state index contributed by atoms with van der Waals surface area (Å²) in [6, 6.07) is 9.58. The van der Waals surface area contributed by atoms with Gasteiger partial charge in [0.05, 0.1) is 12.0 Å². The van der Waals surface area contributed by atoms with Gasteiger partial charge in [-0.25, -0.2) is 0 Å². The Morgan fingerprint density at radius 2 is 2.00 bits per heavy atom. The average molecular weight is 399 g/mol. The number of aryl methyl sites for hydroxylation is 1. The van der Waals surface area contributed by atoms with Crippen LogP contribution >= 0.6 is 11.3 Å². The molecule has 2 saturated heterocycles. The van der Waals surface area contributed by atoms with Crippen LogP contribution in [-0.2, 0) is 0 Å². The van der Waals surface area contributed by atoms with Gasteiger partial charge in [-0.05, 0) is 67.3 Å². The van der Waals surface area contributed by atoms with E-state index in [4.69, 9.17) is 4.74 Å². The summed E-state index contributed by atoms with van der Waals surface area (Å²) >= 11 is 1.53. The lowest BCUT2D eigenvalue weighted by Gasteiger charge is -2.47. The molecule has 1 aromatic carbocycles. The number of ether oxygens (including phenoxy) is 1. The number of methoxy groups -OCH3 is 1. The molecule has 4 rings (SSSR count). The van der Waals surface area contributed by atoms with Crippen LogP contribution in [0, 0.1) is 12.8 Å². The van der Waals surface area contributed by atoms with E-state index >= 15 is 0 Å². The maximum absolute atomic E-state index is 13.1. The number of benzene rings is 1. The van der Waals surface area contributed by atoms with Crippen molar-refractivity contribution in [2.75, 3.05) is 26.7 Å². The molecule has 28 heavy (non-hydrogen) atoms. The molecule has 0 N–H and O–H groups in total. The predicted molar refractivity (Wildman–Crippen MR) is 110 cm³/mol. The van der Waals surface area contributed by atoms with E-state index in [9.17, 15) is 9.59 Å². The SMILES string of the molecule is COc1cccc(C(=O)N2CC[C@@H]3[C@H](CCCN3C(=O)c3sccc3C)C2)c1. The highest BCUT2D eigenvalue weighted by molar-refractivity contribution is 7.12. The molecular weight excluding hydrogens is 372 g/mol. The Hall–Kier alpha value is -2.34. The van der Waals surface area contributed by atoms with Gasteiger partial charge in [0.1, 0.15) is 5.75 Å². The lowest BCUT2D eigenvalue weighted by atomic mass is 9.83. The van der Waals surface area contributed by atoms with Crippen molar-refractivity contribution in [2.24, 2.45) is 5.92 Å². The summed E-state index contributed by atoms with van der Waals surface area (Å²) < 4.78 is 5.25. The maximum atomic E-state index is 13.1. The Balaban J connectivity index is 1.48. The minimum absolute atomic E-state index is 0.0508. The van der Waals surface area contributed by atoms with E-state index < -0.39 is 0 Å². The summed E-state index contributed by atoms with van der Waals surface area (Å²) in [4.78, 5) is 30.9. The highest BCUT2D eigenvalue weighted by atomic mass is 32.1. The second kappa shape index (κ2) is 7.95. The second-order valence-corrected chi connectivity index (χ2v) is 8.59. The monoisotopic (exact) mass is 398 g/mol. The highest BCUT2D eigenvalue weighted by Crippen LogP contribution is 2.33. The van der Waals surface area contributed by atoms with Crippen LogP contribution in [0.1, 0.15) is 44.9 Å². The lowest BCUT2D eigenvalue weighted by molar-refractivity contribution is 0.0200. The van der Waals surface area contributed by atoms with E-state index in [1.807, 2.05) is 41.5 Å².